The maximum atomic E-state index is 11.8. The van der Waals surface area contributed by atoms with E-state index in [2.05, 4.69) is 28.4 Å². The summed E-state index contributed by atoms with van der Waals surface area (Å²) in [5, 5.41) is 4.08. The Morgan fingerprint density at radius 2 is 2.23 bits per heavy atom. The van der Waals surface area contributed by atoms with E-state index in [0.29, 0.717) is 6.04 Å². The second kappa shape index (κ2) is 5.85. The Morgan fingerprint density at radius 1 is 1.32 bits per heavy atom. The molecule has 2 amide bonds. The lowest BCUT2D eigenvalue weighted by Gasteiger charge is -2.36. The lowest BCUT2D eigenvalue weighted by Crippen LogP contribution is -2.48. The maximum absolute atomic E-state index is 11.8. The van der Waals surface area contributed by atoms with Crippen molar-refractivity contribution in [1.82, 2.24) is 20.1 Å². The summed E-state index contributed by atoms with van der Waals surface area (Å²) in [6.45, 7) is 4.59. The minimum absolute atomic E-state index is 0.104. The van der Waals surface area contributed by atoms with Crippen molar-refractivity contribution < 1.29 is 4.79 Å². The Bertz CT molecular complexity index is 653. The molecule has 0 saturated carbocycles. The minimum atomic E-state index is 0.104. The number of para-hydroxylation sites is 1. The quantitative estimate of drug-likeness (QED) is 0.945. The average Bonchev–Trinajstić information content (AvgIpc) is 3.12. The molecule has 0 radical (unpaired) electrons. The van der Waals surface area contributed by atoms with E-state index in [0.717, 1.165) is 51.1 Å². The van der Waals surface area contributed by atoms with Gasteiger partial charge >= 0.3 is 6.03 Å². The molecule has 5 nitrogen and oxygen atoms in total. The van der Waals surface area contributed by atoms with E-state index in [1.165, 1.54) is 9.71 Å². The van der Waals surface area contributed by atoms with E-state index in [1.54, 1.807) is 11.3 Å². The second-order valence-electron chi connectivity index (χ2n) is 6.03. The van der Waals surface area contributed by atoms with Crippen molar-refractivity contribution in [1.29, 1.82) is 0 Å². The van der Waals surface area contributed by atoms with Gasteiger partial charge in [-0.05, 0) is 31.5 Å². The van der Waals surface area contributed by atoms with Crippen LogP contribution in [0.1, 0.15) is 17.8 Å². The zero-order valence-electron chi connectivity index (χ0n) is 12.5. The summed E-state index contributed by atoms with van der Waals surface area (Å²) in [4.78, 5) is 21.0. The molecule has 0 aliphatic carbocycles. The van der Waals surface area contributed by atoms with Gasteiger partial charge in [-0.1, -0.05) is 12.1 Å². The standard InChI is InChI=1S/C16H20N4OS/c21-16-17-7-9-20(16)12-4-3-8-19(10-12)11-15-18-13-5-1-2-6-14(13)22-15/h1-2,5-6,12H,3-4,7-11H2,(H,17,21)/t12-/m0/s1. The highest BCUT2D eigenvalue weighted by molar-refractivity contribution is 7.18. The summed E-state index contributed by atoms with van der Waals surface area (Å²) in [6, 6.07) is 8.76. The van der Waals surface area contributed by atoms with Gasteiger partial charge in [0.1, 0.15) is 5.01 Å². The Labute approximate surface area is 133 Å². The number of fused-ring (bicyclic) bond motifs is 1. The van der Waals surface area contributed by atoms with Crippen LogP contribution in [0.5, 0.6) is 0 Å². The van der Waals surface area contributed by atoms with Gasteiger partial charge in [-0.25, -0.2) is 9.78 Å². The molecule has 4 rings (SSSR count). The molecule has 6 heteroatoms. The summed E-state index contributed by atoms with van der Waals surface area (Å²) in [7, 11) is 0. The Balaban J connectivity index is 1.45. The van der Waals surface area contributed by atoms with Crippen LogP contribution in [0.4, 0.5) is 4.79 Å². The van der Waals surface area contributed by atoms with Gasteiger partial charge in [0, 0.05) is 25.7 Å². The molecule has 1 atom stereocenters. The predicted molar refractivity (Wildman–Crippen MR) is 88.0 cm³/mol. The number of piperidine rings is 1. The second-order valence-corrected chi connectivity index (χ2v) is 7.15. The number of amides is 2. The molecule has 22 heavy (non-hydrogen) atoms. The molecule has 3 heterocycles. The molecular formula is C16H20N4OS. The van der Waals surface area contributed by atoms with Gasteiger partial charge in [-0.15, -0.1) is 11.3 Å². The monoisotopic (exact) mass is 316 g/mol. The number of likely N-dealkylation sites (tertiary alicyclic amines) is 1. The van der Waals surface area contributed by atoms with Crippen LogP contribution in [0, 0.1) is 0 Å². The van der Waals surface area contributed by atoms with Gasteiger partial charge in [-0.3, -0.25) is 4.90 Å². The third kappa shape index (κ3) is 2.68. The highest BCUT2D eigenvalue weighted by Crippen LogP contribution is 2.25. The van der Waals surface area contributed by atoms with Crippen LogP contribution >= 0.6 is 11.3 Å². The maximum Gasteiger partial charge on any atom is 0.317 e. The fourth-order valence-corrected chi connectivity index (χ4v) is 4.45. The number of carbonyl (C=O) groups is 1. The first kappa shape index (κ1) is 14.0. The van der Waals surface area contributed by atoms with E-state index < -0.39 is 0 Å². The number of hydrogen-bond acceptors (Lipinski definition) is 4. The van der Waals surface area contributed by atoms with Crippen molar-refractivity contribution in [2.75, 3.05) is 26.2 Å². The molecule has 1 aromatic carbocycles. The molecule has 1 aromatic heterocycles. The molecule has 2 aromatic rings. The molecule has 116 valence electrons. The fourth-order valence-electron chi connectivity index (χ4n) is 3.44. The van der Waals surface area contributed by atoms with Gasteiger partial charge in [0.2, 0.25) is 0 Å². The van der Waals surface area contributed by atoms with Crippen LogP contribution in [-0.4, -0.2) is 53.0 Å². The van der Waals surface area contributed by atoms with E-state index in [1.807, 2.05) is 11.0 Å². The highest BCUT2D eigenvalue weighted by Gasteiger charge is 2.31. The lowest BCUT2D eigenvalue weighted by atomic mass is 10.0. The summed E-state index contributed by atoms with van der Waals surface area (Å²) in [6.07, 6.45) is 2.27. The third-order valence-corrected chi connectivity index (χ3v) is 5.53. The summed E-state index contributed by atoms with van der Waals surface area (Å²) >= 11 is 1.78. The molecule has 0 unspecified atom stereocenters. The average molecular weight is 316 g/mol. The van der Waals surface area contributed by atoms with Gasteiger partial charge in [-0.2, -0.15) is 0 Å². The first-order valence-electron chi connectivity index (χ1n) is 7.91. The first-order chi connectivity index (χ1) is 10.8. The van der Waals surface area contributed by atoms with Crippen molar-refractivity contribution in [3.05, 3.63) is 29.3 Å². The minimum Gasteiger partial charge on any atom is -0.336 e. The largest absolute Gasteiger partial charge is 0.336 e. The van der Waals surface area contributed by atoms with E-state index in [4.69, 9.17) is 4.98 Å². The van der Waals surface area contributed by atoms with Crippen molar-refractivity contribution in [3.8, 4) is 0 Å². The van der Waals surface area contributed by atoms with Gasteiger partial charge < -0.3 is 10.2 Å². The number of thiazole rings is 1. The normalized spacial score (nSPS) is 23.2. The highest BCUT2D eigenvalue weighted by atomic mass is 32.1. The number of nitrogens with one attached hydrogen (secondary N) is 1. The van der Waals surface area contributed by atoms with Gasteiger partial charge in [0.25, 0.3) is 0 Å². The molecule has 2 saturated heterocycles. The van der Waals surface area contributed by atoms with Crippen molar-refractivity contribution in [2.24, 2.45) is 0 Å². The number of rotatable bonds is 3. The first-order valence-corrected chi connectivity index (χ1v) is 8.72. The van der Waals surface area contributed by atoms with Crippen molar-refractivity contribution in [3.63, 3.8) is 0 Å². The summed E-state index contributed by atoms with van der Waals surface area (Å²) in [5.41, 5.74) is 1.09. The molecule has 2 fully saturated rings. The lowest BCUT2D eigenvalue weighted by molar-refractivity contribution is 0.122. The SMILES string of the molecule is O=C1NCCN1[C@H]1CCCN(Cc2nc3ccccc3s2)C1. The topological polar surface area (TPSA) is 48.5 Å². The Hall–Kier alpha value is -1.66. The molecule has 2 aliphatic rings. The number of benzene rings is 1. The van der Waals surface area contributed by atoms with Crippen LogP contribution in [-0.2, 0) is 6.54 Å². The van der Waals surface area contributed by atoms with Crippen LogP contribution in [0.2, 0.25) is 0 Å². The van der Waals surface area contributed by atoms with E-state index >= 15 is 0 Å². The van der Waals surface area contributed by atoms with E-state index in [9.17, 15) is 4.79 Å². The fraction of sp³-hybridized carbons (Fsp3) is 0.500. The van der Waals surface area contributed by atoms with Crippen LogP contribution in [0.25, 0.3) is 10.2 Å². The van der Waals surface area contributed by atoms with Gasteiger partial charge in [0.15, 0.2) is 0 Å². The zero-order valence-corrected chi connectivity index (χ0v) is 13.3. The predicted octanol–water partition coefficient (Wildman–Crippen LogP) is 2.29. The van der Waals surface area contributed by atoms with Gasteiger partial charge in [0.05, 0.1) is 16.8 Å². The van der Waals surface area contributed by atoms with Crippen LogP contribution in [0.3, 0.4) is 0 Å². The molecule has 1 N–H and O–H groups in total. The summed E-state index contributed by atoms with van der Waals surface area (Å²) < 4.78 is 1.25. The number of urea groups is 1. The molecule has 0 spiro atoms. The number of nitrogens with zero attached hydrogens (tertiary/aromatic N) is 3. The van der Waals surface area contributed by atoms with Crippen molar-refractivity contribution in [2.45, 2.75) is 25.4 Å². The zero-order chi connectivity index (χ0) is 14.9. The molecule has 2 aliphatic heterocycles. The number of carbonyl (C=O) groups excluding carboxylic acids is 1. The third-order valence-electron chi connectivity index (χ3n) is 4.51. The Morgan fingerprint density at radius 3 is 3.05 bits per heavy atom. The molecule has 0 bridgehead atoms. The molecular weight excluding hydrogens is 296 g/mol. The van der Waals surface area contributed by atoms with Crippen molar-refractivity contribution >= 4 is 27.6 Å². The summed E-state index contributed by atoms with van der Waals surface area (Å²) in [5.74, 6) is 0. The smallest absolute Gasteiger partial charge is 0.317 e. The number of hydrogen-bond donors (Lipinski definition) is 1. The van der Waals surface area contributed by atoms with Crippen LogP contribution < -0.4 is 5.32 Å². The Kier molecular flexibility index (Phi) is 3.72. The number of aromatic nitrogens is 1. The van der Waals surface area contributed by atoms with E-state index in [-0.39, 0.29) is 6.03 Å². The van der Waals surface area contributed by atoms with Crippen LogP contribution in [0.15, 0.2) is 24.3 Å².